The van der Waals surface area contributed by atoms with Crippen molar-refractivity contribution in [2.75, 3.05) is 30.7 Å². The predicted octanol–water partition coefficient (Wildman–Crippen LogP) is 4.07. The van der Waals surface area contributed by atoms with E-state index in [1.54, 1.807) is 43.3 Å². The number of sulfonamides is 1. The Kier molecular flexibility index (Phi) is 7.64. The molecule has 8 nitrogen and oxygen atoms in total. The summed E-state index contributed by atoms with van der Waals surface area (Å²) in [6, 6.07) is 15.8. The number of rotatable bonds is 9. The summed E-state index contributed by atoms with van der Waals surface area (Å²) < 4.78 is 57.9. The zero-order chi connectivity index (χ0) is 25.7. The molecule has 190 valence electrons. The lowest BCUT2D eigenvalue weighted by atomic mass is 10.1. The number of amides is 1. The van der Waals surface area contributed by atoms with Crippen LogP contribution in [0.1, 0.15) is 25.5 Å². The van der Waals surface area contributed by atoms with Crippen molar-refractivity contribution in [3.05, 3.63) is 78.1 Å². The Balaban J connectivity index is 1.57. The maximum atomic E-state index is 13.5. The molecule has 1 amide bonds. The minimum absolute atomic E-state index is 0.134. The second kappa shape index (κ2) is 10.9. The molecule has 0 aliphatic carbocycles. The molecule has 1 atom stereocenters. The molecule has 0 aromatic heterocycles. The number of hydrogen-bond donors (Lipinski definition) is 1. The van der Waals surface area contributed by atoms with E-state index in [1.165, 1.54) is 12.1 Å². The molecule has 36 heavy (non-hydrogen) atoms. The lowest BCUT2D eigenvalue weighted by molar-refractivity contribution is -0.120. The van der Waals surface area contributed by atoms with Crippen molar-refractivity contribution in [1.29, 1.82) is 0 Å². The third kappa shape index (κ3) is 5.71. The van der Waals surface area contributed by atoms with Crippen LogP contribution in [0.3, 0.4) is 0 Å². The van der Waals surface area contributed by atoms with Crippen molar-refractivity contribution in [3.63, 3.8) is 0 Å². The Morgan fingerprint density at radius 1 is 1.03 bits per heavy atom. The second-order valence-electron chi connectivity index (χ2n) is 8.08. The summed E-state index contributed by atoms with van der Waals surface area (Å²) in [6.45, 7) is 4.52. The van der Waals surface area contributed by atoms with Crippen LogP contribution in [0.25, 0.3) is 0 Å². The highest BCUT2D eigenvalue weighted by Crippen LogP contribution is 2.32. The van der Waals surface area contributed by atoms with Gasteiger partial charge in [-0.3, -0.25) is 9.10 Å². The van der Waals surface area contributed by atoms with Crippen LogP contribution in [0.5, 0.6) is 17.2 Å². The molecule has 0 saturated carbocycles. The fourth-order valence-corrected chi connectivity index (χ4v) is 5.18. The molecular formula is C26H27FN2O6S. The number of ether oxygens (including phenoxy) is 3. The standard InChI is InChI=1S/C26H27FN2O6S/c1-3-33-22-9-7-21(8-10-22)29(36(31,32)23-11-5-20(27)6-12-23)17-26(30)28-18(2)19-4-13-24-25(16-19)35-15-14-34-24/h4-13,16,18H,3,14-15,17H2,1-2H3,(H,28,30)/t18-/m1/s1. The van der Waals surface area contributed by atoms with E-state index in [-0.39, 0.29) is 10.6 Å². The molecule has 10 heteroatoms. The van der Waals surface area contributed by atoms with E-state index in [4.69, 9.17) is 14.2 Å². The van der Waals surface area contributed by atoms with Crippen molar-refractivity contribution in [2.45, 2.75) is 24.8 Å². The van der Waals surface area contributed by atoms with Crippen molar-refractivity contribution >= 4 is 21.6 Å². The minimum Gasteiger partial charge on any atom is -0.494 e. The van der Waals surface area contributed by atoms with Gasteiger partial charge in [-0.25, -0.2) is 12.8 Å². The Morgan fingerprint density at radius 3 is 2.36 bits per heavy atom. The molecule has 1 heterocycles. The van der Waals surface area contributed by atoms with Crippen LogP contribution < -0.4 is 23.8 Å². The third-order valence-electron chi connectivity index (χ3n) is 5.57. The van der Waals surface area contributed by atoms with Gasteiger partial charge in [0.15, 0.2) is 11.5 Å². The van der Waals surface area contributed by atoms with Crippen molar-refractivity contribution in [1.82, 2.24) is 5.32 Å². The average molecular weight is 515 g/mol. The van der Waals surface area contributed by atoms with Crippen LogP contribution in [0.4, 0.5) is 10.1 Å². The van der Waals surface area contributed by atoms with Crippen LogP contribution in [0, 0.1) is 5.82 Å². The summed E-state index contributed by atoms with van der Waals surface area (Å²) >= 11 is 0. The van der Waals surface area contributed by atoms with Gasteiger partial charge in [-0.2, -0.15) is 0 Å². The largest absolute Gasteiger partial charge is 0.494 e. The zero-order valence-electron chi connectivity index (χ0n) is 19.9. The van der Waals surface area contributed by atoms with Gasteiger partial charge >= 0.3 is 0 Å². The first-order valence-corrected chi connectivity index (χ1v) is 12.9. The van der Waals surface area contributed by atoms with Crippen LogP contribution in [-0.2, 0) is 14.8 Å². The monoisotopic (exact) mass is 514 g/mol. The number of carbonyl (C=O) groups excluding carboxylic acids is 1. The fraction of sp³-hybridized carbons (Fsp3) is 0.269. The van der Waals surface area contributed by atoms with Crippen LogP contribution in [0.15, 0.2) is 71.6 Å². The number of nitrogens with one attached hydrogen (secondary N) is 1. The molecule has 0 fully saturated rings. The van der Waals surface area contributed by atoms with E-state index in [2.05, 4.69) is 5.32 Å². The summed E-state index contributed by atoms with van der Waals surface area (Å²) in [5.74, 6) is 0.715. The number of nitrogens with zero attached hydrogens (tertiary/aromatic N) is 1. The van der Waals surface area contributed by atoms with Crippen LogP contribution >= 0.6 is 0 Å². The van der Waals surface area contributed by atoms with Crippen molar-refractivity contribution in [2.24, 2.45) is 0 Å². The fourth-order valence-electron chi connectivity index (χ4n) is 3.75. The Bertz CT molecular complexity index is 1310. The number of halogens is 1. The molecule has 0 bridgehead atoms. The first kappa shape index (κ1) is 25.3. The highest BCUT2D eigenvalue weighted by molar-refractivity contribution is 7.92. The van der Waals surface area contributed by atoms with Crippen molar-refractivity contribution in [3.8, 4) is 17.2 Å². The molecular weight excluding hydrogens is 487 g/mol. The number of benzene rings is 3. The molecule has 0 spiro atoms. The molecule has 3 aromatic carbocycles. The first-order chi connectivity index (χ1) is 17.3. The Hall–Kier alpha value is -3.79. The molecule has 0 saturated heterocycles. The van der Waals surface area contributed by atoms with Gasteiger partial charge < -0.3 is 19.5 Å². The predicted molar refractivity (Wildman–Crippen MR) is 133 cm³/mol. The average Bonchev–Trinajstić information content (AvgIpc) is 2.88. The van der Waals surface area contributed by atoms with E-state index < -0.39 is 34.3 Å². The lowest BCUT2D eigenvalue weighted by Crippen LogP contribution is -2.41. The maximum absolute atomic E-state index is 13.5. The van der Waals surface area contributed by atoms with Gasteiger partial charge in [0.05, 0.1) is 23.2 Å². The quantitative estimate of drug-likeness (QED) is 0.463. The SMILES string of the molecule is CCOc1ccc(N(CC(=O)N[C@H](C)c2ccc3c(c2)OCCO3)S(=O)(=O)c2ccc(F)cc2)cc1. The van der Waals surface area contributed by atoms with Gasteiger partial charge in [0.1, 0.15) is 31.3 Å². The van der Waals surface area contributed by atoms with Gasteiger partial charge in [0, 0.05) is 0 Å². The molecule has 1 N–H and O–H groups in total. The number of hydrogen-bond acceptors (Lipinski definition) is 6. The maximum Gasteiger partial charge on any atom is 0.264 e. The third-order valence-corrected chi connectivity index (χ3v) is 7.36. The van der Waals surface area contributed by atoms with Gasteiger partial charge in [-0.05, 0) is 80.1 Å². The second-order valence-corrected chi connectivity index (χ2v) is 9.95. The first-order valence-electron chi connectivity index (χ1n) is 11.5. The Labute approximate surface area is 209 Å². The van der Waals surface area contributed by atoms with E-state index in [0.717, 1.165) is 22.0 Å². The lowest BCUT2D eigenvalue weighted by Gasteiger charge is -2.25. The van der Waals surface area contributed by atoms with E-state index >= 15 is 0 Å². The topological polar surface area (TPSA) is 94.2 Å². The number of anilines is 1. The van der Waals surface area contributed by atoms with Crippen LogP contribution in [-0.4, -0.2) is 40.7 Å². The minimum atomic E-state index is -4.18. The summed E-state index contributed by atoms with van der Waals surface area (Å²) in [7, 11) is -4.18. The van der Waals surface area contributed by atoms with Crippen molar-refractivity contribution < 1.29 is 31.8 Å². The smallest absolute Gasteiger partial charge is 0.264 e. The molecule has 0 radical (unpaired) electrons. The van der Waals surface area contributed by atoms with Crippen LogP contribution in [0.2, 0.25) is 0 Å². The Morgan fingerprint density at radius 2 is 1.69 bits per heavy atom. The van der Waals surface area contributed by atoms with E-state index in [0.29, 0.717) is 37.1 Å². The van der Waals surface area contributed by atoms with Gasteiger partial charge in [-0.15, -0.1) is 0 Å². The van der Waals surface area contributed by atoms with E-state index in [1.807, 2.05) is 13.0 Å². The van der Waals surface area contributed by atoms with Gasteiger partial charge in [-0.1, -0.05) is 6.07 Å². The summed E-state index contributed by atoms with van der Waals surface area (Å²) in [5, 5.41) is 2.84. The number of carbonyl (C=O) groups is 1. The van der Waals surface area contributed by atoms with E-state index in [9.17, 15) is 17.6 Å². The molecule has 0 unspecified atom stereocenters. The normalized spacial score (nSPS) is 13.5. The summed E-state index contributed by atoms with van der Waals surface area (Å²) in [5.41, 5.74) is 1.05. The van der Waals surface area contributed by atoms with Gasteiger partial charge in [0.2, 0.25) is 5.91 Å². The summed E-state index contributed by atoms with van der Waals surface area (Å²) in [6.07, 6.45) is 0. The highest BCUT2D eigenvalue weighted by Gasteiger charge is 2.28. The molecule has 1 aliphatic rings. The number of fused-ring (bicyclic) bond motifs is 1. The molecule has 1 aliphatic heterocycles. The highest BCUT2D eigenvalue weighted by atomic mass is 32.2. The summed E-state index contributed by atoms with van der Waals surface area (Å²) in [4.78, 5) is 12.9. The zero-order valence-corrected chi connectivity index (χ0v) is 20.8. The van der Waals surface area contributed by atoms with Gasteiger partial charge in [0.25, 0.3) is 10.0 Å². The molecule has 3 aromatic rings. The molecule has 4 rings (SSSR count).